The molecule has 1 saturated heterocycles. The molecule has 7 nitrogen and oxygen atoms in total. The molecule has 2 atom stereocenters. The minimum atomic E-state index is -1.32. The topological polar surface area (TPSA) is 76.2 Å². The fourth-order valence-corrected chi connectivity index (χ4v) is 5.89. The van der Waals surface area contributed by atoms with Crippen LogP contribution in [0.25, 0.3) is 16.6 Å². The van der Waals surface area contributed by atoms with Crippen molar-refractivity contribution in [3.63, 3.8) is 0 Å². The van der Waals surface area contributed by atoms with Gasteiger partial charge in [0.05, 0.1) is 35.1 Å². The van der Waals surface area contributed by atoms with Gasteiger partial charge in [0.25, 0.3) is 0 Å². The van der Waals surface area contributed by atoms with E-state index in [4.69, 9.17) is 0 Å². The lowest BCUT2D eigenvalue weighted by molar-refractivity contribution is 0.200. The highest BCUT2D eigenvalue weighted by Gasteiger charge is 2.42. The van der Waals surface area contributed by atoms with Crippen LogP contribution in [-0.2, 0) is 23.4 Å². The minimum Gasteiger partial charge on any atom is -0.395 e. The zero-order chi connectivity index (χ0) is 22.5. The Bertz CT molecular complexity index is 1320. The van der Waals surface area contributed by atoms with Crippen molar-refractivity contribution < 1.29 is 13.7 Å². The van der Waals surface area contributed by atoms with Crippen LogP contribution in [0, 0.1) is 12.7 Å². The van der Waals surface area contributed by atoms with Gasteiger partial charge in [0.2, 0.25) is 0 Å². The van der Waals surface area contributed by atoms with E-state index in [1.54, 1.807) is 47.1 Å². The molecule has 2 aromatic heterocycles. The fourth-order valence-electron chi connectivity index (χ4n) is 4.59. The van der Waals surface area contributed by atoms with E-state index in [0.29, 0.717) is 24.4 Å². The summed E-state index contributed by atoms with van der Waals surface area (Å²) in [5.74, 6) is -0.289. The van der Waals surface area contributed by atoms with E-state index in [9.17, 15) is 13.7 Å². The summed E-state index contributed by atoms with van der Waals surface area (Å²) in [5, 5.41) is 20.0. The molecule has 1 aliphatic heterocycles. The normalized spacial score (nSPS) is 20.2. The molecule has 1 N–H and O–H groups in total. The summed E-state index contributed by atoms with van der Waals surface area (Å²) < 4.78 is 31.7. The molecule has 9 heteroatoms. The molecular formula is C23H24FN5O2S. The summed E-state index contributed by atoms with van der Waals surface area (Å²) in [6.45, 7) is 3.10. The summed E-state index contributed by atoms with van der Waals surface area (Å²) >= 11 is 0. The Hall–Kier alpha value is -2.88. The van der Waals surface area contributed by atoms with E-state index >= 15 is 0 Å². The van der Waals surface area contributed by atoms with Crippen molar-refractivity contribution >= 4 is 21.9 Å². The van der Waals surface area contributed by atoms with Gasteiger partial charge in [-0.15, -0.1) is 0 Å². The first-order valence-electron chi connectivity index (χ1n) is 10.4. The number of hydrogen-bond acceptors (Lipinski definition) is 4. The highest BCUT2D eigenvalue weighted by Crippen LogP contribution is 2.39. The summed E-state index contributed by atoms with van der Waals surface area (Å²) in [6.07, 6.45) is 5.87. The summed E-state index contributed by atoms with van der Waals surface area (Å²) in [5.41, 5.74) is 3.26. The van der Waals surface area contributed by atoms with Crippen molar-refractivity contribution in [1.29, 1.82) is 0 Å². The third kappa shape index (κ3) is 3.46. The summed E-state index contributed by atoms with van der Waals surface area (Å²) in [6, 6.07) is 10.4. The number of hydrogen-bond donors (Lipinski definition) is 1. The lowest BCUT2D eigenvalue weighted by Gasteiger charge is -2.29. The smallest absolute Gasteiger partial charge is 0.130 e. The van der Waals surface area contributed by atoms with Crippen molar-refractivity contribution in [3.05, 3.63) is 71.9 Å². The van der Waals surface area contributed by atoms with Crippen LogP contribution < -0.4 is 0 Å². The molecule has 1 aliphatic rings. The van der Waals surface area contributed by atoms with Crippen LogP contribution in [0.4, 0.5) is 4.39 Å². The molecule has 0 aliphatic carbocycles. The summed E-state index contributed by atoms with van der Waals surface area (Å²) in [4.78, 5) is 0.661. The van der Waals surface area contributed by atoms with Crippen LogP contribution in [-0.4, -0.2) is 52.9 Å². The lowest BCUT2D eigenvalue weighted by atomic mass is 9.78. The van der Waals surface area contributed by atoms with Gasteiger partial charge in [0.1, 0.15) is 16.8 Å². The van der Waals surface area contributed by atoms with Crippen LogP contribution in [0.5, 0.6) is 0 Å². The van der Waals surface area contributed by atoms with Crippen LogP contribution in [0.2, 0.25) is 0 Å². The average Bonchev–Trinajstić information content (AvgIpc) is 3.52. The highest BCUT2D eigenvalue weighted by atomic mass is 32.2. The molecule has 2 aromatic carbocycles. The number of aliphatic hydroxyl groups excluding tert-OH is 1. The first-order valence-corrected chi connectivity index (χ1v) is 11.5. The second-order valence-corrected chi connectivity index (χ2v) is 9.90. The van der Waals surface area contributed by atoms with Gasteiger partial charge in [0, 0.05) is 37.1 Å². The van der Waals surface area contributed by atoms with Crippen molar-refractivity contribution in [2.75, 3.05) is 19.7 Å². The highest BCUT2D eigenvalue weighted by molar-refractivity contribution is 7.82. The van der Waals surface area contributed by atoms with E-state index in [-0.39, 0.29) is 12.4 Å². The number of benzene rings is 2. The third-order valence-electron chi connectivity index (χ3n) is 6.30. The van der Waals surface area contributed by atoms with Crippen LogP contribution >= 0.6 is 0 Å². The maximum atomic E-state index is 13.3. The third-order valence-corrected chi connectivity index (χ3v) is 7.69. The number of rotatable bonds is 5. The van der Waals surface area contributed by atoms with Gasteiger partial charge in [-0.1, -0.05) is 0 Å². The number of nitrogens with zero attached hydrogens (tertiary/aromatic N) is 5. The fraction of sp³-hybridized carbons (Fsp3) is 0.304. The number of fused-ring (bicyclic) bond motifs is 1. The van der Waals surface area contributed by atoms with Crippen molar-refractivity contribution in [2.24, 2.45) is 7.05 Å². The molecule has 5 rings (SSSR count). The Labute approximate surface area is 187 Å². The Morgan fingerprint density at radius 3 is 2.66 bits per heavy atom. The number of halogens is 1. The Morgan fingerprint density at radius 1 is 1.19 bits per heavy atom. The molecule has 3 heterocycles. The first kappa shape index (κ1) is 21.0. The first-order chi connectivity index (χ1) is 15.4. The summed E-state index contributed by atoms with van der Waals surface area (Å²) in [7, 11) is 0.474. The molecule has 4 aromatic rings. The molecule has 166 valence electrons. The van der Waals surface area contributed by atoms with Crippen molar-refractivity contribution in [2.45, 2.75) is 23.7 Å². The molecule has 0 saturated carbocycles. The van der Waals surface area contributed by atoms with E-state index in [2.05, 4.69) is 22.3 Å². The largest absolute Gasteiger partial charge is 0.395 e. The molecule has 32 heavy (non-hydrogen) atoms. The Morgan fingerprint density at radius 2 is 1.97 bits per heavy atom. The monoisotopic (exact) mass is 453 g/mol. The van der Waals surface area contributed by atoms with E-state index in [1.807, 2.05) is 11.2 Å². The molecule has 0 spiro atoms. The SMILES string of the molecule is Cc1cc2c(cnn2-c2ccc(F)cc2)cc1C1(CO)CCN(S(=O)c2cnn(C)c2)C1. The maximum absolute atomic E-state index is 13.3. The standard InChI is InChI=1S/C23H24FN5O2S/c1-16-9-22-17(11-26-29(22)19-5-3-18(24)4-6-19)10-21(16)23(15-30)7-8-28(14-23)32(31)20-12-25-27(2)13-20/h3-6,9-13,30H,7-8,14-15H2,1-2H3. The molecule has 0 bridgehead atoms. The zero-order valence-electron chi connectivity index (χ0n) is 17.9. The van der Waals surface area contributed by atoms with Gasteiger partial charge in [-0.25, -0.2) is 17.6 Å². The van der Waals surface area contributed by atoms with Gasteiger partial charge in [-0.2, -0.15) is 10.2 Å². The van der Waals surface area contributed by atoms with E-state index in [1.165, 1.54) is 12.1 Å². The Balaban J connectivity index is 1.50. The van der Waals surface area contributed by atoms with Gasteiger partial charge in [-0.3, -0.25) is 4.68 Å². The lowest BCUT2D eigenvalue weighted by Crippen LogP contribution is -2.36. The molecule has 2 unspecified atom stereocenters. The predicted octanol–water partition coefficient (Wildman–Crippen LogP) is 2.87. The van der Waals surface area contributed by atoms with Gasteiger partial charge in [-0.05, 0) is 60.9 Å². The maximum Gasteiger partial charge on any atom is 0.130 e. The molecule has 0 radical (unpaired) electrons. The quantitative estimate of drug-likeness (QED) is 0.504. The zero-order valence-corrected chi connectivity index (χ0v) is 18.7. The van der Waals surface area contributed by atoms with Crippen LogP contribution in [0.1, 0.15) is 17.5 Å². The van der Waals surface area contributed by atoms with Crippen LogP contribution in [0.15, 0.2) is 59.9 Å². The van der Waals surface area contributed by atoms with Gasteiger partial charge < -0.3 is 5.11 Å². The van der Waals surface area contributed by atoms with Gasteiger partial charge in [0.15, 0.2) is 0 Å². The minimum absolute atomic E-state index is 0.0355. The number of aromatic nitrogens is 4. The van der Waals surface area contributed by atoms with Crippen molar-refractivity contribution in [3.8, 4) is 5.69 Å². The van der Waals surface area contributed by atoms with E-state index in [0.717, 1.165) is 27.7 Å². The van der Waals surface area contributed by atoms with E-state index < -0.39 is 16.4 Å². The second-order valence-electron chi connectivity index (χ2n) is 8.41. The van der Waals surface area contributed by atoms with Crippen LogP contribution in [0.3, 0.4) is 0 Å². The Kier molecular flexibility index (Phi) is 5.19. The molecule has 1 fully saturated rings. The number of aryl methyl sites for hydroxylation is 2. The predicted molar refractivity (Wildman–Crippen MR) is 120 cm³/mol. The van der Waals surface area contributed by atoms with Crippen molar-refractivity contribution in [1.82, 2.24) is 23.9 Å². The molecule has 0 amide bonds. The number of aliphatic hydroxyl groups is 1. The molecular weight excluding hydrogens is 429 g/mol. The average molecular weight is 454 g/mol. The second kappa shape index (κ2) is 7.91. The van der Waals surface area contributed by atoms with Gasteiger partial charge >= 0.3 is 0 Å².